The molecule has 0 aliphatic heterocycles. The fraction of sp³-hybridized carbons (Fsp3) is 0. The Hall–Kier alpha value is -3.54. The number of benzene rings is 2. The zero-order valence-electron chi connectivity index (χ0n) is 12.7. The summed E-state index contributed by atoms with van der Waals surface area (Å²) in [5.74, 6) is -0.416. The molecule has 0 unspecified atom stereocenters. The Labute approximate surface area is 138 Å². The summed E-state index contributed by atoms with van der Waals surface area (Å²) in [5, 5.41) is 11.4. The summed E-state index contributed by atoms with van der Waals surface area (Å²) in [7, 11) is 0. The molecule has 0 saturated heterocycles. The summed E-state index contributed by atoms with van der Waals surface area (Å²) in [6.07, 6.45) is 5.06. The lowest BCUT2D eigenvalue weighted by Gasteiger charge is -1.93. The first-order valence-corrected chi connectivity index (χ1v) is 7.27. The van der Waals surface area contributed by atoms with Gasteiger partial charge in [-0.2, -0.15) is 5.10 Å². The predicted octanol–water partition coefficient (Wildman–Crippen LogP) is 3.17. The normalized spacial score (nSPS) is 11.2. The molecule has 0 saturated carbocycles. The third-order valence-electron chi connectivity index (χ3n) is 3.05. The first-order valence-electron chi connectivity index (χ1n) is 7.27. The maximum Gasteiger partial charge on any atom is 0.328 e. The highest BCUT2D eigenvalue weighted by Gasteiger charge is 2.14. The molecule has 3 rings (SSSR count). The van der Waals surface area contributed by atoms with E-state index in [0.717, 1.165) is 11.1 Å². The Morgan fingerprint density at radius 3 is 2.46 bits per heavy atom. The molecule has 0 atom stereocenters. The minimum atomic E-state index is -0.561. The van der Waals surface area contributed by atoms with E-state index in [1.165, 1.54) is 6.21 Å². The van der Waals surface area contributed by atoms with Gasteiger partial charge in [0.25, 0.3) is 0 Å². The minimum Gasteiger partial charge on any atom is -0.412 e. The van der Waals surface area contributed by atoms with E-state index in [1.54, 1.807) is 6.08 Å². The molecule has 1 heterocycles. The number of hydrogen-bond acceptors (Lipinski definition) is 5. The van der Waals surface area contributed by atoms with E-state index in [2.05, 4.69) is 20.7 Å². The summed E-state index contributed by atoms with van der Waals surface area (Å²) in [4.78, 5) is 11.9. The summed E-state index contributed by atoms with van der Waals surface area (Å²) in [6.45, 7) is 0. The van der Waals surface area contributed by atoms with Gasteiger partial charge in [0, 0.05) is 11.8 Å². The van der Waals surface area contributed by atoms with Crippen molar-refractivity contribution < 1.29 is 9.21 Å². The van der Waals surface area contributed by atoms with E-state index < -0.39 is 5.91 Å². The predicted molar refractivity (Wildman–Crippen MR) is 91.2 cm³/mol. The van der Waals surface area contributed by atoms with Gasteiger partial charge in [-0.1, -0.05) is 54.6 Å². The van der Waals surface area contributed by atoms with E-state index in [4.69, 9.17) is 4.42 Å². The second kappa shape index (κ2) is 7.64. The number of aromatic nitrogens is 2. The highest BCUT2D eigenvalue weighted by atomic mass is 16.4. The highest BCUT2D eigenvalue weighted by molar-refractivity contribution is 5.90. The number of nitrogens with one attached hydrogen (secondary N) is 1. The number of carbonyl (C=O) groups is 1. The Balaban J connectivity index is 1.57. The van der Waals surface area contributed by atoms with Crippen LogP contribution in [-0.4, -0.2) is 22.3 Å². The van der Waals surface area contributed by atoms with Crippen molar-refractivity contribution in [1.82, 2.24) is 15.6 Å². The van der Waals surface area contributed by atoms with E-state index in [1.807, 2.05) is 66.7 Å². The molecule has 6 heteroatoms. The van der Waals surface area contributed by atoms with Crippen LogP contribution in [0.5, 0.6) is 0 Å². The average molecular weight is 318 g/mol. The van der Waals surface area contributed by atoms with Crippen molar-refractivity contribution in [2.24, 2.45) is 5.10 Å². The maximum absolute atomic E-state index is 11.9. The van der Waals surface area contributed by atoms with Crippen molar-refractivity contribution in [3.63, 3.8) is 0 Å². The van der Waals surface area contributed by atoms with Crippen LogP contribution in [0.4, 0.5) is 0 Å². The lowest BCUT2D eigenvalue weighted by Crippen LogP contribution is -2.17. The molecule has 1 amide bonds. The summed E-state index contributed by atoms with van der Waals surface area (Å²) in [6, 6.07) is 19.0. The maximum atomic E-state index is 11.9. The van der Waals surface area contributed by atoms with Crippen LogP contribution in [0.2, 0.25) is 0 Å². The van der Waals surface area contributed by atoms with Gasteiger partial charge in [-0.05, 0) is 23.8 Å². The van der Waals surface area contributed by atoms with Crippen molar-refractivity contribution in [3.8, 4) is 11.5 Å². The standard InChI is InChI=1S/C18H14N4O2/c23-16(20-19-13-7-10-14-8-3-1-4-9-14)18-22-21-17(24-18)15-11-5-2-6-12-15/h1-13H,(H,20,23)/b10-7+,19-13+. The van der Waals surface area contributed by atoms with Gasteiger partial charge in [0.2, 0.25) is 5.89 Å². The largest absolute Gasteiger partial charge is 0.412 e. The molecule has 0 aliphatic rings. The lowest BCUT2D eigenvalue weighted by molar-refractivity contribution is 0.0921. The van der Waals surface area contributed by atoms with Crippen LogP contribution in [-0.2, 0) is 0 Å². The van der Waals surface area contributed by atoms with E-state index in [0.29, 0.717) is 0 Å². The molecule has 0 bridgehead atoms. The Morgan fingerprint density at radius 1 is 1.00 bits per heavy atom. The smallest absolute Gasteiger partial charge is 0.328 e. The van der Waals surface area contributed by atoms with Gasteiger partial charge in [-0.15, -0.1) is 10.2 Å². The molecule has 2 aromatic carbocycles. The van der Waals surface area contributed by atoms with Crippen LogP contribution in [0.15, 0.2) is 76.3 Å². The highest BCUT2D eigenvalue weighted by Crippen LogP contribution is 2.16. The number of carbonyl (C=O) groups excluding carboxylic acids is 1. The monoisotopic (exact) mass is 318 g/mol. The van der Waals surface area contributed by atoms with E-state index in [9.17, 15) is 4.79 Å². The van der Waals surface area contributed by atoms with E-state index >= 15 is 0 Å². The molecule has 1 N–H and O–H groups in total. The number of hydrogen-bond donors (Lipinski definition) is 1. The van der Waals surface area contributed by atoms with Gasteiger partial charge in [0.1, 0.15) is 0 Å². The van der Waals surface area contributed by atoms with E-state index in [-0.39, 0.29) is 11.8 Å². The number of rotatable bonds is 5. The minimum absolute atomic E-state index is 0.141. The van der Waals surface area contributed by atoms with Crippen molar-refractivity contribution in [2.75, 3.05) is 0 Å². The second-order valence-electron chi connectivity index (χ2n) is 4.77. The lowest BCUT2D eigenvalue weighted by atomic mass is 10.2. The molecule has 1 aromatic heterocycles. The topological polar surface area (TPSA) is 80.4 Å². The zero-order valence-corrected chi connectivity index (χ0v) is 12.7. The van der Waals surface area contributed by atoms with Crippen molar-refractivity contribution >= 4 is 18.2 Å². The number of allylic oxidation sites excluding steroid dienone is 1. The third-order valence-corrected chi connectivity index (χ3v) is 3.05. The van der Waals surface area contributed by atoms with Crippen LogP contribution in [0.3, 0.4) is 0 Å². The molecule has 118 valence electrons. The SMILES string of the molecule is O=C(N/N=C/C=C/c1ccccc1)c1nnc(-c2ccccc2)o1. The number of hydrazone groups is 1. The van der Waals surface area contributed by atoms with Crippen LogP contribution >= 0.6 is 0 Å². The summed E-state index contributed by atoms with van der Waals surface area (Å²) >= 11 is 0. The summed E-state index contributed by atoms with van der Waals surface area (Å²) in [5.41, 5.74) is 4.12. The molecular formula is C18H14N4O2. The second-order valence-corrected chi connectivity index (χ2v) is 4.77. The van der Waals surface area contributed by atoms with Crippen LogP contribution in [0.25, 0.3) is 17.5 Å². The molecule has 0 aliphatic carbocycles. The Bertz CT molecular complexity index is 855. The summed E-state index contributed by atoms with van der Waals surface area (Å²) < 4.78 is 5.33. The zero-order chi connectivity index (χ0) is 16.6. The molecule has 0 radical (unpaired) electrons. The quantitative estimate of drug-likeness (QED) is 0.579. The molecule has 0 spiro atoms. The van der Waals surface area contributed by atoms with Gasteiger partial charge < -0.3 is 4.42 Å². The molecular weight excluding hydrogens is 304 g/mol. The fourth-order valence-corrected chi connectivity index (χ4v) is 1.92. The van der Waals surface area contributed by atoms with Gasteiger partial charge in [-0.3, -0.25) is 4.79 Å². The number of amides is 1. The Morgan fingerprint density at radius 2 is 1.71 bits per heavy atom. The van der Waals surface area contributed by atoms with Crippen molar-refractivity contribution in [1.29, 1.82) is 0 Å². The third kappa shape index (κ3) is 4.01. The van der Waals surface area contributed by atoms with Gasteiger partial charge in [-0.25, -0.2) is 5.43 Å². The van der Waals surface area contributed by atoms with Crippen LogP contribution < -0.4 is 5.43 Å². The molecule has 3 aromatic rings. The molecule has 6 nitrogen and oxygen atoms in total. The Kier molecular flexibility index (Phi) is 4.89. The van der Waals surface area contributed by atoms with Crippen LogP contribution in [0.1, 0.15) is 16.2 Å². The number of nitrogens with zero attached hydrogens (tertiary/aromatic N) is 3. The van der Waals surface area contributed by atoms with Gasteiger partial charge in [0.05, 0.1) is 0 Å². The van der Waals surface area contributed by atoms with Crippen molar-refractivity contribution in [2.45, 2.75) is 0 Å². The van der Waals surface area contributed by atoms with Gasteiger partial charge in [0.15, 0.2) is 0 Å². The average Bonchev–Trinajstić information content (AvgIpc) is 3.13. The molecule has 0 fully saturated rings. The first-order chi connectivity index (χ1) is 11.8. The van der Waals surface area contributed by atoms with Crippen LogP contribution in [0, 0.1) is 0 Å². The fourth-order valence-electron chi connectivity index (χ4n) is 1.92. The van der Waals surface area contributed by atoms with Gasteiger partial charge >= 0.3 is 11.8 Å². The molecule has 24 heavy (non-hydrogen) atoms. The first kappa shape index (κ1) is 15.4. The van der Waals surface area contributed by atoms with Crippen molar-refractivity contribution in [3.05, 3.63) is 78.2 Å².